The number of nitrogens with zero attached hydrogens (tertiary/aromatic N) is 4. The van der Waals surface area contributed by atoms with E-state index in [0.29, 0.717) is 6.54 Å². The van der Waals surface area contributed by atoms with E-state index >= 15 is 0 Å². The molecule has 3 aromatic heterocycles. The van der Waals surface area contributed by atoms with Crippen LogP contribution in [0.5, 0.6) is 0 Å². The summed E-state index contributed by atoms with van der Waals surface area (Å²) in [6.45, 7) is 1.43. The number of benzene rings is 1. The second-order valence-corrected chi connectivity index (χ2v) is 8.09. The number of anilines is 1. The predicted molar refractivity (Wildman–Crippen MR) is 103 cm³/mol. The molecule has 0 N–H and O–H groups in total. The third-order valence-electron chi connectivity index (χ3n) is 5.59. The molecule has 4 aromatic rings. The van der Waals surface area contributed by atoms with Crippen molar-refractivity contribution in [2.24, 2.45) is 0 Å². The number of hydrogen-bond donors (Lipinski definition) is 0. The van der Waals surface area contributed by atoms with E-state index < -0.39 is 5.41 Å². The fourth-order valence-electron chi connectivity index (χ4n) is 3.98. The molecule has 1 fully saturated rings. The highest BCUT2D eigenvalue weighted by molar-refractivity contribution is 7.13. The summed E-state index contributed by atoms with van der Waals surface area (Å²) in [5.74, 6) is 1.56. The number of thiophene rings is 1. The molecule has 0 radical (unpaired) electrons. The van der Waals surface area contributed by atoms with Gasteiger partial charge in [-0.25, -0.2) is 4.98 Å². The van der Waals surface area contributed by atoms with Crippen molar-refractivity contribution >= 4 is 34.2 Å². The first kappa shape index (κ1) is 15.2. The second-order valence-electron chi connectivity index (χ2n) is 7.14. The van der Waals surface area contributed by atoms with Crippen LogP contribution < -0.4 is 4.90 Å². The van der Waals surface area contributed by atoms with Crippen molar-refractivity contribution in [2.75, 3.05) is 11.4 Å². The molecule has 0 unspecified atom stereocenters. The third kappa shape index (κ3) is 2.09. The number of hydrogen-bond acceptors (Lipinski definition) is 5. The average molecular weight is 376 g/mol. The summed E-state index contributed by atoms with van der Waals surface area (Å²) in [6.07, 6.45) is 1.61. The minimum atomic E-state index is -0.563. The molecule has 1 aromatic carbocycles. The Morgan fingerprint density at radius 1 is 1.15 bits per heavy atom. The molecule has 1 saturated carbocycles. The number of fused-ring (bicyclic) bond motifs is 3. The number of carbonyl (C=O) groups is 1. The van der Waals surface area contributed by atoms with E-state index in [1.54, 1.807) is 11.3 Å². The highest BCUT2D eigenvalue weighted by Gasteiger charge is 2.56. The molecule has 1 aliphatic carbocycles. The molecule has 0 atom stereocenters. The summed E-state index contributed by atoms with van der Waals surface area (Å²) in [5.41, 5.74) is 2.18. The standard InChI is InChI=1S/C20H16N4O2S/c25-18(24-10-9-23-14-5-2-1-4-13(14)21-19(23)24)20(7-8-20)17-12-15(26-22-17)16-6-3-11-27-16/h1-6,11-12H,7-10H2. The van der Waals surface area contributed by atoms with Gasteiger partial charge in [-0.15, -0.1) is 11.3 Å². The molecule has 2 aliphatic rings. The maximum atomic E-state index is 13.5. The number of para-hydroxylation sites is 2. The Kier molecular flexibility index (Phi) is 2.97. The van der Waals surface area contributed by atoms with Crippen molar-refractivity contribution in [3.8, 4) is 10.6 Å². The quantitative estimate of drug-likeness (QED) is 0.545. The van der Waals surface area contributed by atoms with Crippen LogP contribution in [0.15, 0.2) is 52.4 Å². The zero-order chi connectivity index (χ0) is 18.0. The topological polar surface area (TPSA) is 64.2 Å². The molecule has 1 aliphatic heterocycles. The SMILES string of the molecule is O=C(N1CCn2c1nc1ccccc12)C1(c2cc(-c3cccs3)on2)CC1. The normalized spacial score (nSPS) is 17.4. The molecular weight excluding hydrogens is 360 g/mol. The Balaban J connectivity index is 1.36. The molecule has 6 nitrogen and oxygen atoms in total. The summed E-state index contributed by atoms with van der Waals surface area (Å²) < 4.78 is 7.66. The smallest absolute Gasteiger partial charge is 0.241 e. The predicted octanol–water partition coefficient (Wildman–Crippen LogP) is 3.83. The van der Waals surface area contributed by atoms with Gasteiger partial charge in [0.25, 0.3) is 0 Å². The van der Waals surface area contributed by atoms with E-state index in [1.807, 2.05) is 46.7 Å². The molecule has 4 heterocycles. The first-order valence-corrected chi connectivity index (χ1v) is 9.93. The van der Waals surface area contributed by atoms with E-state index in [0.717, 1.165) is 52.7 Å². The van der Waals surface area contributed by atoms with E-state index in [4.69, 9.17) is 9.51 Å². The van der Waals surface area contributed by atoms with Gasteiger partial charge in [0, 0.05) is 19.2 Å². The second kappa shape index (κ2) is 5.29. The lowest BCUT2D eigenvalue weighted by atomic mass is 10.0. The van der Waals surface area contributed by atoms with Crippen LogP contribution in [0, 0.1) is 0 Å². The molecule has 0 saturated heterocycles. The van der Waals surface area contributed by atoms with Gasteiger partial charge in [-0.2, -0.15) is 0 Å². The van der Waals surface area contributed by atoms with Crippen molar-refractivity contribution in [1.82, 2.24) is 14.7 Å². The van der Waals surface area contributed by atoms with Gasteiger partial charge < -0.3 is 9.09 Å². The summed E-state index contributed by atoms with van der Waals surface area (Å²) in [6, 6.07) is 13.9. The van der Waals surface area contributed by atoms with Crippen LogP contribution in [0.1, 0.15) is 18.5 Å². The number of amides is 1. The Labute approximate surface area is 159 Å². The lowest BCUT2D eigenvalue weighted by molar-refractivity contribution is -0.121. The van der Waals surface area contributed by atoms with Crippen LogP contribution in [0.3, 0.4) is 0 Å². The van der Waals surface area contributed by atoms with Crippen molar-refractivity contribution in [3.63, 3.8) is 0 Å². The Bertz CT molecular complexity index is 1170. The van der Waals surface area contributed by atoms with Gasteiger partial charge in [-0.1, -0.05) is 23.4 Å². The van der Waals surface area contributed by atoms with Crippen LogP contribution in [0.4, 0.5) is 5.95 Å². The van der Waals surface area contributed by atoms with Gasteiger partial charge in [0.1, 0.15) is 0 Å². The number of carbonyl (C=O) groups excluding carboxylic acids is 1. The fraction of sp³-hybridized carbons (Fsp3) is 0.250. The lowest BCUT2D eigenvalue weighted by Gasteiger charge is -2.19. The number of aromatic nitrogens is 3. The van der Waals surface area contributed by atoms with Gasteiger partial charge in [-0.05, 0) is 36.4 Å². The van der Waals surface area contributed by atoms with E-state index in [2.05, 4.69) is 15.8 Å². The first-order chi connectivity index (χ1) is 13.3. The molecule has 0 bridgehead atoms. The van der Waals surface area contributed by atoms with Crippen molar-refractivity contribution in [3.05, 3.63) is 53.5 Å². The van der Waals surface area contributed by atoms with E-state index in [1.165, 1.54) is 0 Å². The van der Waals surface area contributed by atoms with E-state index in [9.17, 15) is 4.79 Å². The zero-order valence-electron chi connectivity index (χ0n) is 14.5. The summed E-state index contributed by atoms with van der Waals surface area (Å²) >= 11 is 1.60. The van der Waals surface area contributed by atoms with Crippen LogP contribution >= 0.6 is 11.3 Å². The number of rotatable bonds is 3. The van der Waals surface area contributed by atoms with Crippen LogP contribution in [-0.4, -0.2) is 27.2 Å². The summed E-state index contributed by atoms with van der Waals surface area (Å²) in [4.78, 5) is 21.0. The Morgan fingerprint density at radius 2 is 2.04 bits per heavy atom. The monoisotopic (exact) mass is 376 g/mol. The highest BCUT2D eigenvalue weighted by Crippen LogP contribution is 2.51. The van der Waals surface area contributed by atoms with Crippen molar-refractivity contribution in [2.45, 2.75) is 24.8 Å². The van der Waals surface area contributed by atoms with Crippen LogP contribution in [-0.2, 0) is 16.8 Å². The third-order valence-corrected chi connectivity index (χ3v) is 6.48. The fourth-order valence-corrected chi connectivity index (χ4v) is 4.65. The van der Waals surface area contributed by atoms with E-state index in [-0.39, 0.29) is 5.91 Å². The van der Waals surface area contributed by atoms with Gasteiger partial charge in [0.2, 0.25) is 11.9 Å². The Hall–Kier alpha value is -2.93. The molecule has 134 valence electrons. The molecule has 0 spiro atoms. The average Bonchev–Trinajstić information content (AvgIpc) is 3.18. The summed E-state index contributed by atoms with van der Waals surface area (Å²) in [7, 11) is 0. The van der Waals surface area contributed by atoms with Gasteiger partial charge in [0.15, 0.2) is 5.76 Å². The Morgan fingerprint density at radius 3 is 2.85 bits per heavy atom. The minimum absolute atomic E-state index is 0.0857. The van der Waals surface area contributed by atoms with Gasteiger partial charge in [0.05, 0.1) is 27.0 Å². The van der Waals surface area contributed by atoms with Crippen LogP contribution in [0.25, 0.3) is 21.7 Å². The largest absolute Gasteiger partial charge is 0.355 e. The number of imidazole rings is 1. The molecule has 7 heteroatoms. The maximum absolute atomic E-state index is 13.5. The highest BCUT2D eigenvalue weighted by atomic mass is 32.1. The molecule has 27 heavy (non-hydrogen) atoms. The molecule has 1 amide bonds. The van der Waals surface area contributed by atoms with Gasteiger partial charge >= 0.3 is 0 Å². The van der Waals surface area contributed by atoms with Gasteiger partial charge in [-0.3, -0.25) is 9.69 Å². The van der Waals surface area contributed by atoms with Crippen molar-refractivity contribution in [1.29, 1.82) is 0 Å². The van der Waals surface area contributed by atoms with Crippen molar-refractivity contribution < 1.29 is 9.32 Å². The zero-order valence-corrected chi connectivity index (χ0v) is 15.3. The molecular formula is C20H16N4O2S. The summed E-state index contributed by atoms with van der Waals surface area (Å²) in [5, 5.41) is 6.26. The van der Waals surface area contributed by atoms with Crippen LogP contribution in [0.2, 0.25) is 0 Å². The first-order valence-electron chi connectivity index (χ1n) is 9.05. The maximum Gasteiger partial charge on any atom is 0.241 e. The molecule has 6 rings (SSSR count). The minimum Gasteiger partial charge on any atom is -0.355 e. The lowest BCUT2D eigenvalue weighted by Crippen LogP contribution is -2.38.